The molecule has 0 rings (SSSR count). The van der Waals surface area contributed by atoms with E-state index >= 15 is 0 Å². The van der Waals surface area contributed by atoms with Crippen LogP contribution in [0.5, 0.6) is 0 Å². The molecule has 0 fully saturated rings. The van der Waals surface area contributed by atoms with E-state index in [-0.39, 0.29) is 6.04 Å². The summed E-state index contributed by atoms with van der Waals surface area (Å²) in [6.07, 6.45) is 3.71. The van der Waals surface area contributed by atoms with E-state index in [9.17, 15) is 4.79 Å². The molecule has 2 N–H and O–H groups in total. The zero-order valence-corrected chi connectivity index (χ0v) is 12.0. The van der Waals surface area contributed by atoms with E-state index in [0.29, 0.717) is 24.3 Å². The number of hydrogen-bond acceptors (Lipinski definition) is 2. The summed E-state index contributed by atoms with van der Waals surface area (Å²) < 4.78 is 0. The zero-order chi connectivity index (χ0) is 13.4. The number of carbonyl (C=O) groups is 1. The highest BCUT2D eigenvalue weighted by molar-refractivity contribution is 5.73. The molecule has 0 aromatic carbocycles. The smallest absolute Gasteiger partial charge is 0.320 e. The maximum atomic E-state index is 11.1. The standard InChI is InChI=1S/C14H29NO2/c1-6-7-13(14(16)17)15-12(8-10(2)3)9-11(4)5/h10-13,15H,6-9H2,1-5H3,(H,16,17). The van der Waals surface area contributed by atoms with Gasteiger partial charge in [0.15, 0.2) is 0 Å². The molecule has 0 aromatic heterocycles. The van der Waals surface area contributed by atoms with Gasteiger partial charge in [-0.05, 0) is 31.1 Å². The van der Waals surface area contributed by atoms with Crippen molar-refractivity contribution in [3.8, 4) is 0 Å². The molecule has 17 heavy (non-hydrogen) atoms. The van der Waals surface area contributed by atoms with Gasteiger partial charge in [0, 0.05) is 6.04 Å². The van der Waals surface area contributed by atoms with Crippen molar-refractivity contribution in [1.29, 1.82) is 0 Å². The van der Waals surface area contributed by atoms with Gasteiger partial charge < -0.3 is 10.4 Å². The first-order valence-corrected chi connectivity index (χ1v) is 6.85. The lowest BCUT2D eigenvalue weighted by Crippen LogP contribution is -2.44. The van der Waals surface area contributed by atoms with Crippen molar-refractivity contribution in [2.24, 2.45) is 11.8 Å². The average molecular weight is 243 g/mol. The van der Waals surface area contributed by atoms with Crippen molar-refractivity contribution in [2.45, 2.75) is 72.4 Å². The fraction of sp³-hybridized carbons (Fsp3) is 0.929. The first-order chi connectivity index (χ1) is 7.86. The van der Waals surface area contributed by atoms with Crippen molar-refractivity contribution in [3.63, 3.8) is 0 Å². The lowest BCUT2D eigenvalue weighted by molar-refractivity contribution is -0.140. The van der Waals surface area contributed by atoms with E-state index in [4.69, 9.17) is 5.11 Å². The molecule has 0 spiro atoms. The molecule has 0 aliphatic rings. The Labute approximate surface area is 106 Å². The van der Waals surface area contributed by atoms with Crippen molar-refractivity contribution in [3.05, 3.63) is 0 Å². The first kappa shape index (κ1) is 16.4. The molecule has 0 amide bonds. The van der Waals surface area contributed by atoms with E-state index in [1.807, 2.05) is 6.92 Å². The molecule has 0 bridgehead atoms. The molecule has 1 atom stereocenters. The van der Waals surface area contributed by atoms with E-state index in [1.54, 1.807) is 0 Å². The minimum absolute atomic E-state index is 0.322. The molecule has 3 heteroatoms. The van der Waals surface area contributed by atoms with Gasteiger partial charge in [0.2, 0.25) is 0 Å². The van der Waals surface area contributed by atoms with Crippen molar-refractivity contribution < 1.29 is 9.90 Å². The summed E-state index contributed by atoms with van der Waals surface area (Å²) in [5.41, 5.74) is 0. The van der Waals surface area contributed by atoms with Gasteiger partial charge in [0.1, 0.15) is 6.04 Å². The molecule has 0 radical (unpaired) electrons. The van der Waals surface area contributed by atoms with Crippen LogP contribution in [0.3, 0.4) is 0 Å². The van der Waals surface area contributed by atoms with Crippen LogP contribution >= 0.6 is 0 Å². The summed E-state index contributed by atoms with van der Waals surface area (Å²) in [7, 11) is 0. The third-order valence-corrected chi connectivity index (χ3v) is 2.82. The zero-order valence-electron chi connectivity index (χ0n) is 12.0. The molecular weight excluding hydrogens is 214 g/mol. The summed E-state index contributed by atoms with van der Waals surface area (Å²) >= 11 is 0. The van der Waals surface area contributed by atoms with E-state index in [1.165, 1.54) is 0 Å². The topological polar surface area (TPSA) is 49.3 Å². The van der Waals surface area contributed by atoms with Crippen molar-refractivity contribution in [2.75, 3.05) is 0 Å². The quantitative estimate of drug-likeness (QED) is 0.653. The first-order valence-electron chi connectivity index (χ1n) is 6.85. The minimum Gasteiger partial charge on any atom is -0.480 e. The van der Waals surface area contributed by atoms with Crippen LogP contribution in [0, 0.1) is 11.8 Å². The molecule has 0 aliphatic heterocycles. The highest BCUT2D eigenvalue weighted by Crippen LogP contribution is 2.15. The molecule has 0 aromatic rings. The predicted octanol–water partition coefficient (Wildman–Crippen LogP) is 3.29. The third kappa shape index (κ3) is 8.19. The van der Waals surface area contributed by atoms with E-state index < -0.39 is 5.97 Å². The van der Waals surface area contributed by atoms with Crippen LogP contribution in [0.25, 0.3) is 0 Å². The van der Waals surface area contributed by atoms with Crippen molar-refractivity contribution in [1.82, 2.24) is 5.32 Å². The van der Waals surface area contributed by atoms with Crippen LogP contribution in [-0.2, 0) is 4.79 Å². The Morgan fingerprint density at radius 2 is 1.59 bits per heavy atom. The second kappa shape index (κ2) is 8.51. The average Bonchev–Trinajstić information content (AvgIpc) is 2.14. The van der Waals surface area contributed by atoms with Gasteiger partial charge in [-0.15, -0.1) is 0 Å². The molecule has 0 aliphatic carbocycles. The molecule has 102 valence electrons. The van der Waals surface area contributed by atoms with Gasteiger partial charge in [-0.3, -0.25) is 4.79 Å². The van der Waals surface area contributed by atoms with Crippen LogP contribution in [0.15, 0.2) is 0 Å². The minimum atomic E-state index is -0.718. The summed E-state index contributed by atoms with van der Waals surface area (Å²) in [5, 5.41) is 12.5. The number of carboxylic acids is 1. The molecule has 1 unspecified atom stereocenters. The Morgan fingerprint density at radius 3 is 1.88 bits per heavy atom. The summed E-state index contributed by atoms with van der Waals surface area (Å²) in [6, 6.07) is -0.0647. The van der Waals surface area contributed by atoms with Crippen LogP contribution in [0.2, 0.25) is 0 Å². The van der Waals surface area contributed by atoms with E-state index in [2.05, 4.69) is 33.0 Å². The Morgan fingerprint density at radius 1 is 1.12 bits per heavy atom. The normalized spacial score (nSPS) is 13.6. The lowest BCUT2D eigenvalue weighted by Gasteiger charge is -2.26. The van der Waals surface area contributed by atoms with Crippen LogP contribution in [-0.4, -0.2) is 23.2 Å². The Balaban J connectivity index is 4.40. The van der Waals surface area contributed by atoms with Crippen LogP contribution in [0.4, 0.5) is 0 Å². The summed E-state index contributed by atoms with van der Waals surface area (Å²) in [5.74, 6) is 0.481. The molecular formula is C14H29NO2. The van der Waals surface area contributed by atoms with E-state index in [0.717, 1.165) is 19.3 Å². The molecule has 3 nitrogen and oxygen atoms in total. The lowest BCUT2D eigenvalue weighted by atomic mass is 9.94. The molecule has 0 heterocycles. The number of rotatable bonds is 9. The molecule has 0 saturated carbocycles. The number of hydrogen-bond donors (Lipinski definition) is 2. The van der Waals surface area contributed by atoms with Gasteiger partial charge in [-0.2, -0.15) is 0 Å². The summed E-state index contributed by atoms with van der Waals surface area (Å²) in [4.78, 5) is 11.1. The van der Waals surface area contributed by atoms with Gasteiger partial charge >= 0.3 is 5.97 Å². The Hall–Kier alpha value is -0.570. The van der Waals surface area contributed by atoms with Gasteiger partial charge in [0.05, 0.1) is 0 Å². The largest absolute Gasteiger partial charge is 0.480 e. The SMILES string of the molecule is CCCC(NC(CC(C)C)CC(C)C)C(=O)O. The fourth-order valence-corrected chi connectivity index (χ4v) is 2.22. The van der Waals surface area contributed by atoms with Crippen LogP contribution < -0.4 is 5.32 Å². The highest BCUT2D eigenvalue weighted by atomic mass is 16.4. The maximum Gasteiger partial charge on any atom is 0.320 e. The Kier molecular flexibility index (Phi) is 8.23. The Bertz CT molecular complexity index is 204. The van der Waals surface area contributed by atoms with Crippen LogP contribution in [0.1, 0.15) is 60.3 Å². The second-order valence-electron chi connectivity index (χ2n) is 5.80. The second-order valence-corrected chi connectivity index (χ2v) is 5.80. The molecule has 0 saturated heterocycles. The number of carboxylic acid groups (broad SMARTS) is 1. The van der Waals surface area contributed by atoms with Gasteiger partial charge in [-0.25, -0.2) is 0 Å². The maximum absolute atomic E-state index is 11.1. The van der Waals surface area contributed by atoms with Crippen molar-refractivity contribution >= 4 is 5.97 Å². The summed E-state index contributed by atoms with van der Waals surface area (Å²) in [6.45, 7) is 10.8. The fourth-order valence-electron chi connectivity index (χ4n) is 2.22. The number of nitrogens with one attached hydrogen (secondary N) is 1. The number of aliphatic carboxylic acids is 1. The van der Waals surface area contributed by atoms with Gasteiger partial charge in [-0.1, -0.05) is 41.0 Å². The monoisotopic (exact) mass is 243 g/mol. The highest BCUT2D eigenvalue weighted by Gasteiger charge is 2.21. The predicted molar refractivity (Wildman–Crippen MR) is 72.2 cm³/mol. The third-order valence-electron chi connectivity index (χ3n) is 2.82. The van der Waals surface area contributed by atoms with Gasteiger partial charge in [0.25, 0.3) is 0 Å².